The second-order valence-corrected chi connectivity index (χ2v) is 2.85. The number of carbonyl (C=O) groups is 1. The van der Waals surface area contributed by atoms with Crippen molar-refractivity contribution < 1.29 is 4.79 Å². The zero-order valence-corrected chi connectivity index (χ0v) is 7.27. The molecule has 0 heterocycles. The molecule has 58 valence electrons. The predicted octanol–water partition coefficient (Wildman–Crippen LogP) is 2.35. The van der Waals surface area contributed by atoms with Crippen LogP contribution < -0.4 is 0 Å². The lowest BCUT2D eigenvalue weighted by Gasteiger charge is -1.99. The lowest BCUT2D eigenvalue weighted by atomic mass is 10.1. The summed E-state index contributed by atoms with van der Waals surface area (Å²) in [7, 11) is 0. The largest absolute Gasteiger partial charge is 0.298 e. The van der Waals surface area contributed by atoms with Gasteiger partial charge in [0.25, 0.3) is 0 Å². The summed E-state index contributed by atoms with van der Waals surface area (Å²) in [6.07, 6.45) is 1.80. The van der Waals surface area contributed by atoms with Crippen LogP contribution in [0.1, 0.15) is 22.8 Å². The maximum absolute atomic E-state index is 10.4. The van der Waals surface area contributed by atoms with Crippen LogP contribution >= 0.6 is 12.6 Å². The number of carbonyl (C=O) groups excluding carboxylic acids is 1. The highest BCUT2D eigenvalue weighted by Gasteiger charge is 1.96. The van der Waals surface area contributed by atoms with Gasteiger partial charge in [0.2, 0.25) is 0 Å². The third kappa shape index (κ3) is 1.84. The highest BCUT2D eigenvalue weighted by molar-refractivity contribution is 7.80. The number of benzene rings is 1. The summed E-state index contributed by atoms with van der Waals surface area (Å²) in [4.78, 5) is 11.1. The van der Waals surface area contributed by atoms with Crippen LogP contribution in [0.4, 0.5) is 0 Å². The molecule has 2 heteroatoms. The Hall–Kier alpha value is -0.760. The van der Waals surface area contributed by atoms with Crippen LogP contribution in [0.25, 0.3) is 0 Å². The molecular weight excluding hydrogens is 156 g/mol. The van der Waals surface area contributed by atoms with Crippen molar-refractivity contribution in [2.45, 2.75) is 18.2 Å². The molecule has 0 unspecified atom stereocenters. The van der Waals surface area contributed by atoms with Gasteiger partial charge >= 0.3 is 0 Å². The van der Waals surface area contributed by atoms with E-state index in [1.807, 2.05) is 12.1 Å². The van der Waals surface area contributed by atoms with Gasteiger partial charge in [0.05, 0.1) is 0 Å². The van der Waals surface area contributed by atoms with E-state index >= 15 is 0 Å². The van der Waals surface area contributed by atoms with Crippen molar-refractivity contribution in [3.8, 4) is 0 Å². The predicted molar refractivity (Wildman–Crippen MR) is 48.5 cm³/mol. The van der Waals surface area contributed by atoms with E-state index in [2.05, 4.69) is 19.6 Å². The van der Waals surface area contributed by atoms with Crippen molar-refractivity contribution in [3.05, 3.63) is 29.3 Å². The Bertz CT molecular complexity index is 268. The Balaban J connectivity index is 3.09. The minimum absolute atomic E-state index is 0.658. The smallest absolute Gasteiger partial charge is 0.151 e. The van der Waals surface area contributed by atoms with Crippen molar-refractivity contribution >= 4 is 18.9 Å². The minimum Gasteiger partial charge on any atom is -0.298 e. The normalized spacial score (nSPS) is 9.64. The standard InChI is InChI=1S/C9H10OS/c1-2-7-3-4-8(6-10)9(11)5-7/h3-6,11H,2H2,1H3. The molecule has 1 rings (SSSR count). The van der Waals surface area contributed by atoms with Crippen molar-refractivity contribution in [3.63, 3.8) is 0 Å². The summed E-state index contributed by atoms with van der Waals surface area (Å²) in [6.45, 7) is 2.07. The molecule has 11 heavy (non-hydrogen) atoms. The molecule has 0 atom stereocenters. The van der Waals surface area contributed by atoms with E-state index in [0.717, 1.165) is 17.6 Å². The van der Waals surface area contributed by atoms with Crippen LogP contribution in [0.2, 0.25) is 0 Å². The maximum atomic E-state index is 10.4. The molecular formula is C9H10OS. The van der Waals surface area contributed by atoms with Gasteiger partial charge < -0.3 is 0 Å². The summed E-state index contributed by atoms with van der Waals surface area (Å²) < 4.78 is 0. The second-order valence-electron chi connectivity index (χ2n) is 2.36. The summed E-state index contributed by atoms with van der Waals surface area (Å²) in [5.74, 6) is 0. The molecule has 0 radical (unpaired) electrons. The molecule has 1 aromatic carbocycles. The lowest BCUT2D eigenvalue weighted by molar-refractivity contribution is 0.112. The van der Waals surface area contributed by atoms with Crippen molar-refractivity contribution in [2.24, 2.45) is 0 Å². The van der Waals surface area contributed by atoms with E-state index in [1.165, 1.54) is 5.56 Å². The van der Waals surface area contributed by atoms with Crippen LogP contribution in [-0.4, -0.2) is 6.29 Å². The third-order valence-corrected chi connectivity index (χ3v) is 2.02. The average molecular weight is 166 g/mol. The van der Waals surface area contributed by atoms with Gasteiger partial charge in [0.1, 0.15) is 0 Å². The zero-order chi connectivity index (χ0) is 8.27. The molecule has 0 aliphatic carbocycles. The van der Waals surface area contributed by atoms with Gasteiger partial charge in [-0.15, -0.1) is 12.6 Å². The summed E-state index contributed by atoms with van der Waals surface area (Å²) in [5.41, 5.74) is 1.87. The number of rotatable bonds is 2. The Morgan fingerprint density at radius 3 is 2.73 bits per heavy atom. The molecule has 0 N–H and O–H groups in total. The van der Waals surface area contributed by atoms with Gasteiger partial charge in [-0.05, 0) is 18.1 Å². The molecule has 1 nitrogen and oxygen atoms in total. The molecule has 0 aromatic heterocycles. The van der Waals surface area contributed by atoms with Gasteiger partial charge in [0.15, 0.2) is 6.29 Å². The van der Waals surface area contributed by atoms with E-state index in [4.69, 9.17) is 0 Å². The molecule has 0 saturated carbocycles. The first-order valence-corrected chi connectivity index (χ1v) is 3.99. The zero-order valence-electron chi connectivity index (χ0n) is 6.37. The monoisotopic (exact) mass is 166 g/mol. The van der Waals surface area contributed by atoms with Crippen LogP contribution in [0.15, 0.2) is 23.1 Å². The number of aryl methyl sites for hydroxylation is 1. The van der Waals surface area contributed by atoms with Crippen LogP contribution in [0.5, 0.6) is 0 Å². The van der Waals surface area contributed by atoms with Gasteiger partial charge in [-0.1, -0.05) is 19.1 Å². The molecule has 0 spiro atoms. The highest BCUT2D eigenvalue weighted by atomic mass is 32.1. The molecule has 0 bridgehead atoms. The fraction of sp³-hybridized carbons (Fsp3) is 0.222. The van der Waals surface area contributed by atoms with Crippen LogP contribution in [0, 0.1) is 0 Å². The van der Waals surface area contributed by atoms with Gasteiger partial charge in [-0.2, -0.15) is 0 Å². The van der Waals surface area contributed by atoms with Gasteiger partial charge in [-0.3, -0.25) is 4.79 Å². The Morgan fingerprint density at radius 2 is 2.27 bits per heavy atom. The van der Waals surface area contributed by atoms with E-state index < -0.39 is 0 Å². The Kier molecular flexibility index (Phi) is 2.71. The summed E-state index contributed by atoms with van der Waals surface area (Å²) >= 11 is 4.17. The topological polar surface area (TPSA) is 17.1 Å². The summed E-state index contributed by atoms with van der Waals surface area (Å²) in [6, 6.07) is 5.67. The second kappa shape index (κ2) is 3.58. The first kappa shape index (κ1) is 8.34. The number of hydrogen-bond acceptors (Lipinski definition) is 2. The fourth-order valence-electron chi connectivity index (χ4n) is 0.909. The average Bonchev–Trinajstić information content (AvgIpc) is 2.04. The lowest BCUT2D eigenvalue weighted by Crippen LogP contribution is -1.85. The quantitative estimate of drug-likeness (QED) is 0.527. The Morgan fingerprint density at radius 1 is 1.55 bits per heavy atom. The van der Waals surface area contributed by atoms with Crippen LogP contribution in [-0.2, 0) is 6.42 Å². The molecule has 1 aromatic rings. The van der Waals surface area contributed by atoms with E-state index in [1.54, 1.807) is 6.07 Å². The first-order valence-electron chi connectivity index (χ1n) is 3.55. The van der Waals surface area contributed by atoms with Crippen molar-refractivity contribution in [2.75, 3.05) is 0 Å². The van der Waals surface area contributed by atoms with Crippen LogP contribution in [0.3, 0.4) is 0 Å². The molecule has 0 saturated heterocycles. The Labute approximate surface area is 71.8 Å². The number of aldehydes is 1. The maximum Gasteiger partial charge on any atom is 0.151 e. The van der Waals surface area contributed by atoms with Gasteiger partial charge in [-0.25, -0.2) is 0 Å². The van der Waals surface area contributed by atoms with Gasteiger partial charge in [0, 0.05) is 10.5 Å². The molecule has 0 aliphatic rings. The van der Waals surface area contributed by atoms with E-state index in [0.29, 0.717) is 5.56 Å². The molecule has 0 amide bonds. The third-order valence-electron chi connectivity index (χ3n) is 1.63. The van der Waals surface area contributed by atoms with E-state index in [-0.39, 0.29) is 0 Å². The molecule has 0 fully saturated rings. The first-order chi connectivity index (χ1) is 5.27. The molecule has 0 aliphatic heterocycles. The number of thiol groups is 1. The fourth-order valence-corrected chi connectivity index (χ4v) is 1.20. The highest BCUT2D eigenvalue weighted by Crippen LogP contribution is 2.14. The summed E-state index contributed by atoms with van der Waals surface area (Å²) in [5, 5.41) is 0. The van der Waals surface area contributed by atoms with E-state index in [9.17, 15) is 4.79 Å². The number of hydrogen-bond donors (Lipinski definition) is 1. The minimum atomic E-state index is 0.658. The van der Waals surface area contributed by atoms with Crippen molar-refractivity contribution in [1.29, 1.82) is 0 Å². The SMILES string of the molecule is CCc1ccc(C=O)c(S)c1. The van der Waals surface area contributed by atoms with Crippen molar-refractivity contribution in [1.82, 2.24) is 0 Å².